The predicted octanol–water partition coefficient (Wildman–Crippen LogP) is 4.00. The van der Waals surface area contributed by atoms with Gasteiger partial charge in [-0.2, -0.15) is 0 Å². The van der Waals surface area contributed by atoms with Gasteiger partial charge >= 0.3 is 0 Å². The number of non-ortho nitro benzene ring substituents is 1. The highest BCUT2D eigenvalue weighted by molar-refractivity contribution is 6.51. The van der Waals surface area contributed by atoms with Crippen LogP contribution in [0.2, 0.25) is 0 Å². The molecule has 2 aliphatic heterocycles. The minimum Gasteiger partial charge on any atom is -0.507 e. The summed E-state index contributed by atoms with van der Waals surface area (Å²) < 4.78 is 16.7. The van der Waals surface area contributed by atoms with E-state index in [2.05, 4.69) is 0 Å². The van der Waals surface area contributed by atoms with E-state index in [1.54, 1.807) is 42.5 Å². The van der Waals surface area contributed by atoms with E-state index in [1.165, 1.54) is 30.2 Å². The quantitative estimate of drug-likeness (QED) is 0.188. The number of hydrogen-bond donors (Lipinski definition) is 1. The van der Waals surface area contributed by atoms with Crippen LogP contribution in [0.1, 0.15) is 17.2 Å². The van der Waals surface area contributed by atoms with Crippen molar-refractivity contribution in [1.29, 1.82) is 0 Å². The molecule has 36 heavy (non-hydrogen) atoms. The molecule has 0 bridgehead atoms. The van der Waals surface area contributed by atoms with Crippen LogP contribution in [0.5, 0.6) is 17.2 Å². The molecule has 2 heterocycles. The number of ether oxygens (including phenoxy) is 3. The lowest BCUT2D eigenvalue weighted by atomic mass is 9.94. The van der Waals surface area contributed by atoms with E-state index in [1.807, 2.05) is 0 Å². The normalized spacial score (nSPS) is 18.2. The van der Waals surface area contributed by atoms with Crippen molar-refractivity contribution in [3.63, 3.8) is 0 Å². The van der Waals surface area contributed by atoms with Gasteiger partial charge in [0, 0.05) is 35.0 Å². The number of nitro benzene ring substituents is 1. The summed E-state index contributed by atoms with van der Waals surface area (Å²) >= 11 is 0. The van der Waals surface area contributed by atoms with E-state index in [0.29, 0.717) is 41.7 Å². The average molecular weight is 488 g/mol. The van der Waals surface area contributed by atoms with Gasteiger partial charge in [-0.3, -0.25) is 24.6 Å². The minimum atomic E-state index is -1.08. The Morgan fingerprint density at radius 2 is 1.78 bits per heavy atom. The van der Waals surface area contributed by atoms with Gasteiger partial charge in [0.1, 0.15) is 24.7 Å². The van der Waals surface area contributed by atoms with Crippen LogP contribution >= 0.6 is 0 Å². The zero-order chi connectivity index (χ0) is 25.4. The van der Waals surface area contributed by atoms with Crippen molar-refractivity contribution in [2.24, 2.45) is 0 Å². The Bertz CT molecular complexity index is 1430. The molecule has 0 aromatic heterocycles. The number of amides is 1. The number of fused-ring (bicyclic) bond motifs is 1. The number of carbonyl (C=O) groups excluding carboxylic acids is 2. The monoisotopic (exact) mass is 488 g/mol. The number of rotatable bonds is 5. The van der Waals surface area contributed by atoms with Crippen LogP contribution in [0.4, 0.5) is 11.4 Å². The molecule has 0 radical (unpaired) electrons. The molecule has 0 saturated carbocycles. The van der Waals surface area contributed by atoms with Gasteiger partial charge in [0.15, 0.2) is 11.5 Å². The number of carbonyl (C=O) groups is 2. The molecular formula is C26H20N2O8. The summed E-state index contributed by atoms with van der Waals surface area (Å²) in [4.78, 5) is 38.7. The fourth-order valence-corrected chi connectivity index (χ4v) is 4.39. The number of nitrogens with zero attached hydrogens (tertiary/aromatic N) is 2. The number of aliphatic hydroxyl groups excluding tert-OH is 1. The molecule has 0 aliphatic carbocycles. The highest BCUT2D eigenvalue weighted by atomic mass is 16.6. The highest BCUT2D eigenvalue weighted by Crippen LogP contribution is 2.46. The van der Waals surface area contributed by atoms with E-state index in [9.17, 15) is 24.8 Å². The van der Waals surface area contributed by atoms with Crippen molar-refractivity contribution in [2.45, 2.75) is 6.04 Å². The number of benzene rings is 3. The fraction of sp³-hybridized carbons (Fsp3) is 0.154. The Hall–Kier alpha value is -4.86. The molecule has 10 heteroatoms. The minimum absolute atomic E-state index is 0.0317. The van der Waals surface area contributed by atoms with E-state index >= 15 is 0 Å². The third kappa shape index (κ3) is 3.78. The van der Waals surface area contributed by atoms with E-state index in [4.69, 9.17) is 14.2 Å². The Morgan fingerprint density at radius 1 is 1.03 bits per heavy atom. The van der Waals surface area contributed by atoms with Crippen molar-refractivity contribution in [2.75, 3.05) is 25.2 Å². The Labute approximate surface area is 205 Å². The van der Waals surface area contributed by atoms with Gasteiger partial charge in [0.25, 0.3) is 17.4 Å². The smallest absolute Gasteiger partial charge is 0.300 e. The first kappa shape index (κ1) is 22.9. The second-order valence-electron chi connectivity index (χ2n) is 8.05. The summed E-state index contributed by atoms with van der Waals surface area (Å²) in [6.45, 7) is 0.722. The van der Waals surface area contributed by atoms with Crippen LogP contribution in [0.15, 0.2) is 72.3 Å². The topological polar surface area (TPSA) is 128 Å². The first-order valence-electron chi connectivity index (χ1n) is 11.0. The van der Waals surface area contributed by atoms with Gasteiger partial charge in [0.05, 0.1) is 23.6 Å². The Kier molecular flexibility index (Phi) is 5.77. The molecule has 10 nitrogen and oxygen atoms in total. The van der Waals surface area contributed by atoms with Crippen LogP contribution in [0.25, 0.3) is 5.76 Å². The maximum Gasteiger partial charge on any atom is 0.300 e. The molecule has 1 unspecified atom stereocenters. The Morgan fingerprint density at radius 3 is 2.53 bits per heavy atom. The second kappa shape index (κ2) is 9.06. The van der Waals surface area contributed by atoms with Crippen molar-refractivity contribution >= 4 is 28.8 Å². The molecule has 1 atom stereocenters. The van der Waals surface area contributed by atoms with Gasteiger partial charge < -0.3 is 19.3 Å². The van der Waals surface area contributed by atoms with E-state index in [-0.39, 0.29) is 16.8 Å². The number of hydrogen-bond acceptors (Lipinski definition) is 8. The first-order chi connectivity index (χ1) is 17.4. The molecule has 1 amide bonds. The van der Waals surface area contributed by atoms with Crippen molar-refractivity contribution in [3.8, 4) is 17.2 Å². The molecular weight excluding hydrogens is 468 g/mol. The largest absolute Gasteiger partial charge is 0.507 e. The van der Waals surface area contributed by atoms with Crippen molar-refractivity contribution in [3.05, 3.63) is 93.5 Å². The zero-order valence-electron chi connectivity index (χ0n) is 19.0. The summed E-state index contributed by atoms with van der Waals surface area (Å²) in [5.74, 6) is -1.05. The number of aliphatic hydroxyl groups is 1. The van der Waals surface area contributed by atoms with Crippen LogP contribution in [-0.2, 0) is 9.59 Å². The lowest BCUT2D eigenvalue weighted by molar-refractivity contribution is -0.384. The summed E-state index contributed by atoms with van der Waals surface area (Å²) in [7, 11) is 1.45. The number of Topliss-reactive ketones (excluding diaryl/α,β-unsaturated/α-hetero) is 1. The second-order valence-corrected chi connectivity index (χ2v) is 8.05. The number of anilines is 1. The highest BCUT2D eigenvalue weighted by Gasteiger charge is 2.48. The van der Waals surface area contributed by atoms with Gasteiger partial charge in [0.2, 0.25) is 0 Å². The van der Waals surface area contributed by atoms with Crippen molar-refractivity contribution < 1.29 is 33.8 Å². The van der Waals surface area contributed by atoms with Crippen molar-refractivity contribution in [1.82, 2.24) is 0 Å². The molecule has 1 N–H and O–H groups in total. The molecule has 2 aliphatic rings. The summed E-state index contributed by atoms with van der Waals surface area (Å²) in [5.41, 5.74) is 0.328. The fourth-order valence-electron chi connectivity index (χ4n) is 4.39. The Balaban J connectivity index is 1.73. The predicted molar refractivity (Wildman–Crippen MR) is 128 cm³/mol. The molecule has 182 valence electrons. The maximum absolute atomic E-state index is 13.4. The lowest BCUT2D eigenvalue weighted by Crippen LogP contribution is -2.30. The molecule has 1 fully saturated rings. The molecule has 1 saturated heterocycles. The molecule has 3 aromatic carbocycles. The number of para-hydroxylation sites is 1. The molecule has 3 aromatic rings. The summed E-state index contributed by atoms with van der Waals surface area (Å²) in [6, 6.07) is 15.8. The number of methoxy groups -OCH3 is 1. The third-order valence-electron chi connectivity index (χ3n) is 6.01. The number of nitro groups is 1. The number of ketones is 1. The SMILES string of the molecule is COc1ccccc1C1/C(=C(\O)c2cccc([N+](=O)[O-])c2)C(=O)C(=O)N1c1ccc2c(c1)OCCO2. The first-order valence-corrected chi connectivity index (χ1v) is 11.0. The van der Waals surface area contributed by atoms with Crippen LogP contribution < -0.4 is 19.1 Å². The van der Waals surface area contributed by atoms with Crippen LogP contribution in [-0.4, -0.2) is 42.0 Å². The maximum atomic E-state index is 13.4. The average Bonchev–Trinajstić information content (AvgIpc) is 3.17. The van der Waals surface area contributed by atoms with Crippen LogP contribution in [0.3, 0.4) is 0 Å². The third-order valence-corrected chi connectivity index (χ3v) is 6.01. The summed E-state index contributed by atoms with van der Waals surface area (Å²) in [5, 5.41) is 22.5. The van der Waals surface area contributed by atoms with Gasteiger partial charge in [-0.1, -0.05) is 30.3 Å². The zero-order valence-corrected chi connectivity index (χ0v) is 19.0. The van der Waals surface area contributed by atoms with Gasteiger partial charge in [-0.15, -0.1) is 0 Å². The molecule has 5 rings (SSSR count). The standard InChI is InChI=1S/C26H20N2O8/c1-34-19-8-3-2-7-18(19)23-22(24(29)15-5-4-6-17(13-15)28(32)33)25(30)26(31)27(23)16-9-10-20-21(14-16)36-12-11-35-20/h2-10,13-14,23,29H,11-12H2,1H3/b24-22+. The van der Waals surface area contributed by atoms with Gasteiger partial charge in [-0.25, -0.2) is 0 Å². The van der Waals surface area contributed by atoms with E-state index in [0.717, 1.165) is 6.07 Å². The van der Waals surface area contributed by atoms with Crippen LogP contribution in [0, 0.1) is 10.1 Å². The molecule has 0 spiro atoms. The lowest BCUT2D eigenvalue weighted by Gasteiger charge is -2.28. The summed E-state index contributed by atoms with van der Waals surface area (Å²) in [6.07, 6.45) is 0. The van der Waals surface area contributed by atoms with Gasteiger partial charge in [-0.05, 0) is 18.2 Å². The van der Waals surface area contributed by atoms with E-state index < -0.39 is 28.4 Å².